The van der Waals surface area contributed by atoms with Crippen molar-refractivity contribution in [2.24, 2.45) is 0 Å². The maximum Gasteiger partial charge on any atom is 0.238 e. The molecule has 6 N–H and O–H groups in total. The van der Waals surface area contributed by atoms with Crippen LogP contribution in [0.15, 0.2) is 39.5 Å². The van der Waals surface area contributed by atoms with Crippen LogP contribution in [0.1, 0.15) is 6.92 Å². The number of hydrogen-bond donors (Lipinski definition) is 6. The van der Waals surface area contributed by atoms with E-state index >= 15 is 0 Å². The average molecular weight is 462 g/mol. The zero-order valence-corrected chi connectivity index (χ0v) is 17.5. The molecule has 176 valence electrons. The van der Waals surface area contributed by atoms with Crippen LogP contribution in [-0.4, -0.2) is 68.5 Å². The first kappa shape index (κ1) is 22.7. The van der Waals surface area contributed by atoms with Gasteiger partial charge in [-0.25, -0.2) is 0 Å². The minimum Gasteiger partial charge on any atom is -0.504 e. The van der Waals surface area contributed by atoms with Crippen LogP contribution in [0.3, 0.4) is 0 Å². The van der Waals surface area contributed by atoms with E-state index in [0.717, 1.165) is 6.07 Å². The van der Waals surface area contributed by atoms with Gasteiger partial charge in [0.15, 0.2) is 17.3 Å². The summed E-state index contributed by atoms with van der Waals surface area (Å²) in [6.45, 7) is 1.52. The molecule has 1 aliphatic rings. The van der Waals surface area contributed by atoms with Crippen LogP contribution < -0.4 is 14.9 Å². The van der Waals surface area contributed by atoms with Crippen molar-refractivity contribution >= 4 is 11.0 Å². The van der Waals surface area contributed by atoms with Crippen LogP contribution in [-0.2, 0) is 4.74 Å². The number of ether oxygens (including phenoxy) is 3. The number of rotatable bonds is 4. The van der Waals surface area contributed by atoms with Crippen molar-refractivity contribution in [1.29, 1.82) is 0 Å². The van der Waals surface area contributed by atoms with Crippen LogP contribution >= 0.6 is 0 Å². The summed E-state index contributed by atoms with van der Waals surface area (Å²) in [6.07, 6.45) is -6.21. The first-order valence-electron chi connectivity index (χ1n) is 9.89. The van der Waals surface area contributed by atoms with Gasteiger partial charge in [0.1, 0.15) is 35.0 Å². The molecule has 0 bridgehead atoms. The quantitative estimate of drug-likeness (QED) is 0.302. The largest absolute Gasteiger partial charge is 0.504 e. The lowest BCUT2D eigenvalue weighted by molar-refractivity contribution is -0.268. The van der Waals surface area contributed by atoms with Gasteiger partial charge in [-0.1, -0.05) is 0 Å². The third-order valence-electron chi connectivity index (χ3n) is 5.45. The van der Waals surface area contributed by atoms with Gasteiger partial charge in [0.05, 0.1) is 13.2 Å². The van der Waals surface area contributed by atoms with Gasteiger partial charge in [0.25, 0.3) is 0 Å². The molecule has 0 spiro atoms. The summed E-state index contributed by atoms with van der Waals surface area (Å²) in [4.78, 5) is 12.7. The number of aliphatic hydroxyl groups is 3. The Labute approximate surface area is 186 Å². The lowest BCUT2D eigenvalue weighted by Gasteiger charge is -2.38. The summed E-state index contributed by atoms with van der Waals surface area (Å²) in [5, 5.41) is 59.7. The van der Waals surface area contributed by atoms with Gasteiger partial charge < -0.3 is 49.3 Å². The smallest absolute Gasteiger partial charge is 0.238 e. The Morgan fingerprint density at radius 1 is 0.939 bits per heavy atom. The van der Waals surface area contributed by atoms with Crippen LogP contribution in [0.5, 0.6) is 28.7 Å². The van der Waals surface area contributed by atoms with Crippen molar-refractivity contribution in [3.8, 4) is 40.1 Å². The predicted molar refractivity (Wildman–Crippen MR) is 112 cm³/mol. The van der Waals surface area contributed by atoms with E-state index < -0.39 is 53.4 Å². The van der Waals surface area contributed by atoms with Gasteiger partial charge in [-0.2, -0.15) is 0 Å². The molecule has 2 unspecified atom stereocenters. The van der Waals surface area contributed by atoms with Crippen LogP contribution in [0.2, 0.25) is 0 Å². The molecule has 3 aromatic rings. The SMILES string of the molecule is COc1c(O)c(O)cc2oc(-c3ccc(O[C@@H]4OC(C)[C@H](O)C(O)[C@@H]4O)cc3)c(O)c(=O)c12. The van der Waals surface area contributed by atoms with Crippen molar-refractivity contribution in [3.05, 3.63) is 40.6 Å². The molecule has 1 fully saturated rings. The molecule has 0 aliphatic carbocycles. The first-order chi connectivity index (χ1) is 15.6. The molecule has 2 heterocycles. The molecule has 1 aliphatic heterocycles. The molecule has 1 saturated heterocycles. The minimum absolute atomic E-state index is 0.125. The molecule has 4 rings (SSSR count). The number of phenolic OH excluding ortho intramolecular Hbond substituents is 2. The number of methoxy groups -OCH3 is 1. The van der Waals surface area contributed by atoms with E-state index in [1.165, 1.54) is 38.3 Å². The summed E-state index contributed by atoms with van der Waals surface area (Å²) < 4.78 is 21.5. The fourth-order valence-electron chi connectivity index (χ4n) is 3.61. The number of hydrogen-bond acceptors (Lipinski definition) is 11. The van der Waals surface area contributed by atoms with Crippen LogP contribution in [0.25, 0.3) is 22.3 Å². The van der Waals surface area contributed by atoms with Crippen molar-refractivity contribution in [1.82, 2.24) is 0 Å². The van der Waals surface area contributed by atoms with E-state index in [1.807, 2.05) is 0 Å². The molecule has 5 atom stereocenters. The highest BCUT2D eigenvalue weighted by Gasteiger charge is 2.43. The first-order valence-corrected chi connectivity index (χ1v) is 9.89. The zero-order chi connectivity index (χ0) is 24.0. The Morgan fingerprint density at radius 2 is 1.61 bits per heavy atom. The second-order valence-corrected chi connectivity index (χ2v) is 7.58. The van der Waals surface area contributed by atoms with E-state index in [1.54, 1.807) is 0 Å². The minimum atomic E-state index is -1.49. The van der Waals surface area contributed by atoms with E-state index in [4.69, 9.17) is 18.6 Å². The fourth-order valence-corrected chi connectivity index (χ4v) is 3.61. The van der Waals surface area contributed by atoms with Crippen molar-refractivity contribution < 1.29 is 49.3 Å². The molecular weight excluding hydrogens is 440 g/mol. The van der Waals surface area contributed by atoms with Crippen molar-refractivity contribution in [2.45, 2.75) is 37.6 Å². The maximum atomic E-state index is 12.7. The van der Waals surface area contributed by atoms with Crippen LogP contribution in [0.4, 0.5) is 0 Å². The third-order valence-corrected chi connectivity index (χ3v) is 5.45. The van der Waals surface area contributed by atoms with Gasteiger partial charge in [-0.05, 0) is 31.2 Å². The predicted octanol–water partition coefficient (Wildman–Crippen LogP) is 0.792. The Bertz CT molecular complexity index is 1230. The number of aromatic hydroxyl groups is 3. The van der Waals surface area contributed by atoms with E-state index in [9.17, 15) is 35.4 Å². The van der Waals surface area contributed by atoms with Gasteiger partial charge in [-0.3, -0.25) is 4.79 Å². The maximum absolute atomic E-state index is 12.7. The summed E-state index contributed by atoms with van der Waals surface area (Å²) in [5.41, 5.74) is -0.723. The van der Waals surface area contributed by atoms with E-state index in [-0.39, 0.29) is 33.8 Å². The highest BCUT2D eigenvalue weighted by Crippen LogP contribution is 2.43. The van der Waals surface area contributed by atoms with Gasteiger partial charge in [0.2, 0.25) is 23.2 Å². The number of benzene rings is 2. The molecular formula is C22H22O11. The third kappa shape index (κ3) is 3.80. The Kier molecular flexibility index (Phi) is 5.80. The lowest BCUT2D eigenvalue weighted by atomic mass is 10.00. The second-order valence-electron chi connectivity index (χ2n) is 7.58. The number of phenols is 2. The van der Waals surface area contributed by atoms with Crippen LogP contribution in [0, 0.1) is 0 Å². The standard InChI is InChI=1S/C22H22O11/c1-8-14(24)17(27)19(29)22(31-8)32-10-5-3-9(4-6-10)20-18(28)16(26)13-12(33-20)7-11(23)15(25)21(13)30-2/h3-8,14,17,19,22-25,27-29H,1-2H3/t8?,14-,17?,19-,22-/m0/s1. The molecule has 1 aromatic heterocycles. The molecule has 11 nitrogen and oxygen atoms in total. The van der Waals surface area contributed by atoms with E-state index in [0.29, 0.717) is 0 Å². The Balaban J connectivity index is 1.67. The molecule has 0 radical (unpaired) electrons. The normalized spacial score (nSPS) is 25.2. The van der Waals surface area contributed by atoms with Crippen molar-refractivity contribution in [2.75, 3.05) is 7.11 Å². The average Bonchev–Trinajstić information content (AvgIpc) is 2.80. The highest BCUT2D eigenvalue weighted by molar-refractivity contribution is 5.91. The van der Waals surface area contributed by atoms with Gasteiger partial charge in [0, 0.05) is 11.6 Å². The summed E-state index contributed by atoms with van der Waals surface area (Å²) in [6, 6.07) is 6.84. The van der Waals surface area contributed by atoms with E-state index in [2.05, 4.69) is 0 Å². The summed E-state index contributed by atoms with van der Waals surface area (Å²) >= 11 is 0. The highest BCUT2D eigenvalue weighted by atomic mass is 16.7. The van der Waals surface area contributed by atoms with Gasteiger partial charge >= 0.3 is 0 Å². The fraction of sp³-hybridized carbons (Fsp3) is 0.318. The zero-order valence-electron chi connectivity index (χ0n) is 17.5. The molecule has 33 heavy (non-hydrogen) atoms. The molecule has 11 heteroatoms. The van der Waals surface area contributed by atoms with Crippen molar-refractivity contribution in [3.63, 3.8) is 0 Å². The summed E-state index contributed by atoms with van der Waals surface area (Å²) in [7, 11) is 1.18. The number of aliphatic hydroxyl groups excluding tert-OH is 3. The molecule has 2 aromatic carbocycles. The summed E-state index contributed by atoms with van der Waals surface area (Å²) in [5.74, 6) is -2.29. The Morgan fingerprint density at radius 3 is 2.24 bits per heavy atom. The molecule has 0 saturated carbocycles. The topological polar surface area (TPSA) is 179 Å². The monoisotopic (exact) mass is 462 g/mol. The lowest BCUT2D eigenvalue weighted by Crippen LogP contribution is -2.58. The van der Waals surface area contributed by atoms with Gasteiger partial charge in [-0.15, -0.1) is 0 Å². The molecule has 0 amide bonds. The second kappa shape index (κ2) is 8.45. The number of fused-ring (bicyclic) bond motifs is 1. The Hall–Kier alpha value is -3.51.